The molecule has 0 aliphatic carbocycles. The number of carboxylic acid groups (broad SMARTS) is 1. The number of hydrogen-bond donors (Lipinski definition) is 3. The van der Waals surface area contributed by atoms with Crippen molar-refractivity contribution in [2.24, 2.45) is 0 Å². The van der Waals surface area contributed by atoms with E-state index in [0.29, 0.717) is 24.7 Å². The van der Waals surface area contributed by atoms with Gasteiger partial charge < -0.3 is 20.1 Å². The third-order valence-corrected chi connectivity index (χ3v) is 1.88. The van der Waals surface area contributed by atoms with E-state index < -0.39 is 12.1 Å². The third-order valence-electron chi connectivity index (χ3n) is 1.88. The van der Waals surface area contributed by atoms with Gasteiger partial charge in [0.05, 0.1) is 12.5 Å². The highest BCUT2D eigenvalue weighted by atomic mass is 16.5. The summed E-state index contributed by atoms with van der Waals surface area (Å²) in [7, 11) is 0. The zero-order chi connectivity index (χ0) is 12.0. The first-order valence-corrected chi connectivity index (χ1v) is 4.97. The third kappa shape index (κ3) is 4.85. The van der Waals surface area contributed by atoms with Gasteiger partial charge in [-0.15, -0.1) is 0 Å². The number of hydrogen-bond acceptors (Lipinski definition) is 6. The molecule has 0 fully saturated rings. The van der Waals surface area contributed by atoms with Crippen LogP contribution in [0, 0.1) is 6.92 Å². The molecule has 7 heteroatoms. The fourth-order valence-corrected chi connectivity index (χ4v) is 1.18. The van der Waals surface area contributed by atoms with Crippen LogP contribution >= 0.6 is 0 Å². The molecular formula is C9H15N3O4. The predicted octanol–water partition coefficient (Wildman–Crippen LogP) is -0.654. The fourth-order valence-electron chi connectivity index (χ4n) is 1.18. The normalized spacial score (nSPS) is 12.6. The number of carboxylic acids is 1. The highest BCUT2D eigenvalue weighted by molar-refractivity contribution is 5.67. The summed E-state index contributed by atoms with van der Waals surface area (Å²) >= 11 is 0. The average molecular weight is 229 g/mol. The summed E-state index contributed by atoms with van der Waals surface area (Å²) in [5, 5.41) is 24.2. The Morgan fingerprint density at radius 1 is 1.62 bits per heavy atom. The first-order chi connectivity index (χ1) is 7.58. The van der Waals surface area contributed by atoms with E-state index in [4.69, 9.17) is 9.63 Å². The van der Waals surface area contributed by atoms with Crippen molar-refractivity contribution in [2.75, 3.05) is 13.1 Å². The molecule has 16 heavy (non-hydrogen) atoms. The number of nitrogens with one attached hydrogen (secondary N) is 1. The van der Waals surface area contributed by atoms with Crippen LogP contribution in [0.15, 0.2) is 4.52 Å². The molecule has 0 radical (unpaired) electrons. The highest BCUT2D eigenvalue weighted by Gasteiger charge is 2.08. The van der Waals surface area contributed by atoms with E-state index in [1.807, 2.05) is 0 Å². The van der Waals surface area contributed by atoms with Crippen LogP contribution in [0.3, 0.4) is 0 Å². The first kappa shape index (κ1) is 12.6. The van der Waals surface area contributed by atoms with Crippen LogP contribution in [-0.4, -0.2) is 45.5 Å². The van der Waals surface area contributed by atoms with Crippen molar-refractivity contribution in [3.05, 3.63) is 11.7 Å². The second-order valence-electron chi connectivity index (χ2n) is 3.44. The standard InChI is InChI=1S/C9H15N3O4/c1-6-11-8(16-12-6)2-3-10-5-7(13)4-9(14)15/h7,10,13H,2-5H2,1H3,(H,14,15). The number of carbonyl (C=O) groups is 1. The number of rotatable bonds is 7. The van der Waals surface area contributed by atoms with Crippen LogP contribution in [0.25, 0.3) is 0 Å². The molecule has 3 N–H and O–H groups in total. The van der Waals surface area contributed by atoms with Gasteiger partial charge in [-0.3, -0.25) is 4.79 Å². The van der Waals surface area contributed by atoms with Crippen molar-refractivity contribution in [1.29, 1.82) is 0 Å². The zero-order valence-electron chi connectivity index (χ0n) is 9.01. The van der Waals surface area contributed by atoms with Crippen molar-refractivity contribution < 1.29 is 19.5 Å². The van der Waals surface area contributed by atoms with Gasteiger partial charge in [0.25, 0.3) is 0 Å². The lowest BCUT2D eigenvalue weighted by Crippen LogP contribution is -2.30. The Morgan fingerprint density at radius 3 is 2.94 bits per heavy atom. The number of aryl methyl sites for hydroxylation is 1. The van der Waals surface area contributed by atoms with E-state index >= 15 is 0 Å². The number of aliphatic hydroxyl groups is 1. The molecule has 1 aromatic heterocycles. The Kier molecular flexibility index (Phi) is 4.87. The Labute approximate surface area is 92.5 Å². The summed E-state index contributed by atoms with van der Waals surface area (Å²) in [5.41, 5.74) is 0. The maximum Gasteiger partial charge on any atom is 0.306 e. The SMILES string of the molecule is Cc1noc(CCNCC(O)CC(=O)O)n1. The topological polar surface area (TPSA) is 108 Å². The number of nitrogens with zero attached hydrogens (tertiary/aromatic N) is 2. The smallest absolute Gasteiger partial charge is 0.306 e. The molecule has 1 heterocycles. The number of aromatic nitrogens is 2. The highest BCUT2D eigenvalue weighted by Crippen LogP contribution is 1.96. The Bertz CT molecular complexity index is 339. The van der Waals surface area contributed by atoms with Crippen LogP contribution in [0.5, 0.6) is 0 Å². The lowest BCUT2D eigenvalue weighted by atomic mass is 10.2. The largest absolute Gasteiger partial charge is 0.481 e. The van der Waals surface area contributed by atoms with Gasteiger partial charge in [0.2, 0.25) is 5.89 Å². The molecule has 1 unspecified atom stereocenters. The van der Waals surface area contributed by atoms with Gasteiger partial charge in [-0.05, 0) is 6.92 Å². The monoisotopic (exact) mass is 229 g/mol. The van der Waals surface area contributed by atoms with Crippen molar-refractivity contribution in [1.82, 2.24) is 15.5 Å². The maximum atomic E-state index is 10.2. The molecule has 1 aromatic rings. The summed E-state index contributed by atoms with van der Waals surface area (Å²) in [6, 6.07) is 0. The molecule has 90 valence electrons. The van der Waals surface area contributed by atoms with Crippen LogP contribution in [0.4, 0.5) is 0 Å². The van der Waals surface area contributed by atoms with E-state index in [9.17, 15) is 9.90 Å². The first-order valence-electron chi connectivity index (χ1n) is 4.97. The molecule has 1 rings (SSSR count). The molecule has 0 aromatic carbocycles. The average Bonchev–Trinajstić information content (AvgIpc) is 2.58. The van der Waals surface area contributed by atoms with Crippen molar-refractivity contribution in [3.63, 3.8) is 0 Å². The van der Waals surface area contributed by atoms with E-state index in [2.05, 4.69) is 15.5 Å². The number of aliphatic hydroxyl groups excluding tert-OH is 1. The van der Waals surface area contributed by atoms with E-state index in [1.165, 1.54) is 0 Å². The van der Waals surface area contributed by atoms with E-state index in [0.717, 1.165) is 0 Å². The van der Waals surface area contributed by atoms with Crippen molar-refractivity contribution >= 4 is 5.97 Å². The quantitative estimate of drug-likeness (QED) is 0.533. The van der Waals surface area contributed by atoms with Gasteiger partial charge in [-0.2, -0.15) is 4.98 Å². The molecule has 0 spiro atoms. The summed E-state index contributed by atoms with van der Waals surface area (Å²) in [6.07, 6.45) is -0.574. The summed E-state index contributed by atoms with van der Waals surface area (Å²) in [4.78, 5) is 14.2. The molecule has 7 nitrogen and oxygen atoms in total. The molecular weight excluding hydrogens is 214 g/mol. The molecule has 1 atom stereocenters. The van der Waals surface area contributed by atoms with Gasteiger partial charge in [0.15, 0.2) is 5.82 Å². The van der Waals surface area contributed by atoms with Gasteiger partial charge in [0.1, 0.15) is 0 Å². The Morgan fingerprint density at radius 2 is 2.38 bits per heavy atom. The van der Waals surface area contributed by atoms with Crippen molar-refractivity contribution in [3.8, 4) is 0 Å². The van der Waals surface area contributed by atoms with Crippen LogP contribution < -0.4 is 5.32 Å². The van der Waals surface area contributed by atoms with Gasteiger partial charge in [-0.25, -0.2) is 0 Å². The van der Waals surface area contributed by atoms with Crippen LogP contribution in [0.2, 0.25) is 0 Å². The van der Waals surface area contributed by atoms with Gasteiger partial charge >= 0.3 is 5.97 Å². The minimum absolute atomic E-state index is 0.236. The van der Waals surface area contributed by atoms with Crippen LogP contribution in [0.1, 0.15) is 18.1 Å². The van der Waals surface area contributed by atoms with E-state index in [1.54, 1.807) is 6.92 Å². The molecule has 0 amide bonds. The predicted molar refractivity (Wildman–Crippen MR) is 53.9 cm³/mol. The zero-order valence-corrected chi connectivity index (χ0v) is 9.01. The second kappa shape index (κ2) is 6.19. The summed E-state index contributed by atoms with van der Waals surface area (Å²) in [6.45, 7) is 2.52. The van der Waals surface area contributed by atoms with Crippen molar-refractivity contribution in [2.45, 2.75) is 25.9 Å². The minimum atomic E-state index is -1.01. The molecule has 0 aliphatic heterocycles. The van der Waals surface area contributed by atoms with E-state index in [-0.39, 0.29) is 13.0 Å². The molecule has 0 bridgehead atoms. The second-order valence-corrected chi connectivity index (χ2v) is 3.44. The molecule has 0 saturated carbocycles. The summed E-state index contributed by atoms with van der Waals surface area (Å²) < 4.78 is 4.88. The van der Waals surface area contributed by atoms with Crippen LogP contribution in [-0.2, 0) is 11.2 Å². The fraction of sp³-hybridized carbons (Fsp3) is 0.667. The minimum Gasteiger partial charge on any atom is -0.481 e. The lowest BCUT2D eigenvalue weighted by Gasteiger charge is -2.08. The van der Waals surface area contributed by atoms with Gasteiger partial charge in [0, 0.05) is 19.5 Å². The Hall–Kier alpha value is -1.47. The lowest BCUT2D eigenvalue weighted by molar-refractivity contribution is -0.139. The summed E-state index contributed by atoms with van der Waals surface area (Å²) in [5.74, 6) is 0.0977. The van der Waals surface area contributed by atoms with Gasteiger partial charge in [-0.1, -0.05) is 5.16 Å². The molecule has 0 aliphatic rings. The Balaban J connectivity index is 2.10. The molecule has 0 saturated heterocycles. The number of aliphatic carboxylic acids is 1. The maximum absolute atomic E-state index is 10.2.